The van der Waals surface area contributed by atoms with Gasteiger partial charge in [0.25, 0.3) is 5.91 Å². The zero-order valence-electron chi connectivity index (χ0n) is 9.53. The molecule has 2 amide bonds. The molecule has 0 aliphatic heterocycles. The first-order chi connectivity index (χ1) is 8.15. The van der Waals surface area contributed by atoms with Crippen LogP contribution in [0, 0.1) is 12.8 Å². The summed E-state index contributed by atoms with van der Waals surface area (Å²) in [4.78, 5) is 22.5. The van der Waals surface area contributed by atoms with E-state index >= 15 is 0 Å². The Kier molecular flexibility index (Phi) is 3.27. The smallest absolute Gasteiger partial charge is 0.262 e. The Morgan fingerprint density at radius 2 is 2.12 bits per heavy atom. The van der Waals surface area contributed by atoms with E-state index in [4.69, 9.17) is 4.42 Å². The topological polar surface area (TPSA) is 71.3 Å². The molecule has 5 nitrogen and oxygen atoms in total. The molecular formula is C12H14N2O3. The van der Waals surface area contributed by atoms with E-state index in [1.807, 2.05) is 13.0 Å². The van der Waals surface area contributed by atoms with Crippen molar-refractivity contribution in [2.45, 2.75) is 19.8 Å². The lowest BCUT2D eigenvalue weighted by Crippen LogP contribution is -2.41. The van der Waals surface area contributed by atoms with Crippen LogP contribution in [0.25, 0.3) is 6.08 Å². The summed E-state index contributed by atoms with van der Waals surface area (Å²) in [5, 5.41) is 0. The largest absolute Gasteiger partial charge is 0.462 e. The molecule has 1 aromatic rings. The maximum Gasteiger partial charge on any atom is 0.262 e. The fraction of sp³-hybridized carbons (Fsp3) is 0.333. The van der Waals surface area contributed by atoms with Gasteiger partial charge in [-0.25, -0.2) is 0 Å². The van der Waals surface area contributed by atoms with Gasteiger partial charge in [-0.2, -0.15) is 0 Å². The van der Waals surface area contributed by atoms with Crippen molar-refractivity contribution >= 4 is 17.9 Å². The third-order valence-electron chi connectivity index (χ3n) is 2.42. The van der Waals surface area contributed by atoms with Gasteiger partial charge >= 0.3 is 0 Å². The van der Waals surface area contributed by atoms with E-state index in [-0.39, 0.29) is 17.7 Å². The quantitative estimate of drug-likeness (QED) is 0.609. The average Bonchev–Trinajstić information content (AvgIpc) is 3.07. The highest BCUT2D eigenvalue weighted by molar-refractivity contribution is 5.93. The molecule has 17 heavy (non-hydrogen) atoms. The van der Waals surface area contributed by atoms with Gasteiger partial charge in [-0.15, -0.1) is 0 Å². The van der Waals surface area contributed by atoms with Crippen LogP contribution in [-0.2, 0) is 9.59 Å². The first kappa shape index (κ1) is 11.4. The SMILES string of the molecule is Cc1ccc(/C=C/C(=O)NNC(=O)C2CC2)o1. The van der Waals surface area contributed by atoms with E-state index in [1.165, 1.54) is 6.08 Å². The van der Waals surface area contributed by atoms with E-state index in [0.29, 0.717) is 5.76 Å². The molecule has 1 aliphatic rings. The van der Waals surface area contributed by atoms with Crippen LogP contribution in [0.5, 0.6) is 0 Å². The molecule has 0 aromatic carbocycles. The number of amides is 2. The summed E-state index contributed by atoms with van der Waals surface area (Å²) in [7, 11) is 0. The lowest BCUT2D eigenvalue weighted by molar-refractivity contribution is -0.127. The van der Waals surface area contributed by atoms with Crippen LogP contribution in [0.1, 0.15) is 24.4 Å². The van der Waals surface area contributed by atoms with Crippen LogP contribution < -0.4 is 10.9 Å². The second-order valence-electron chi connectivity index (χ2n) is 4.03. The minimum absolute atomic E-state index is 0.0759. The predicted molar refractivity (Wildman–Crippen MR) is 61.5 cm³/mol. The monoisotopic (exact) mass is 234 g/mol. The lowest BCUT2D eigenvalue weighted by Gasteiger charge is -2.02. The van der Waals surface area contributed by atoms with Crippen LogP contribution in [0.3, 0.4) is 0 Å². The standard InChI is InChI=1S/C12H14N2O3/c1-8-2-5-10(17-8)6-7-11(15)13-14-12(16)9-3-4-9/h2,5-7,9H,3-4H2,1H3,(H,13,15)(H,14,16)/b7-6+. The molecule has 0 radical (unpaired) electrons. The van der Waals surface area contributed by atoms with Crippen LogP contribution in [0.15, 0.2) is 22.6 Å². The minimum atomic E-state index is -0.381. The Morgan fingerprint density at radius 1 is 1.35 bits per heavy atom. The van der Waals surface area contributed by atoms with Gasteiger partial charge in [0, 0.05) is 12.0 Å². The molecule has 0 unspecified atom stereocenters. The summed E-state index contributed by atoms with van der Waals surface area (Å²) in [5.74, 6) is 0.957. The molecule has 1 fully saturated rings. The number of hydrogen-bond acceptors (Lipinski definition) is 3. The second-order valence-corrected chi connectivity index (χ2v) is 4.03. The molecule has 1 saturated carbocycles. The fourth-order valence-electron chi connectivity index (χ4n) is 1.31. The first-order valence-electron chi connectivity index (χ1n) is 5.49. The predicted octanol–water partition coefficient (Wildman–Crippen LogP) is 1.16. The van der Waals surface area contributed by atoms with Gasteiger partial charge in [-0.05, 0) is 38.0 Å². The van der Waals surface area contributed by atoms with Gasteiger partial charge in [-0.1, -0.05) is 0 Å². The summed E-state index contributed by atoms with van der Waals surface area (Å²) in [6.07, 6.45) is 4.67. The molecule has 0 spiro atoms. The molecule has 1 heterocycles. The Morgan fingerprint density at radius 3 is 2.71 bits per heavy atom. The fourth-order valence-corrected chi connectivity index (χ4v) is 1.31. The van der Waals surface area contributed by atoms with Gasteiger partial charge in [0.05, 0.1) is 0 Å². The Balaban J connectivity index is 1.76. The zero-order valence-corrected chi connectivity index (χ0v) is 9.53. The van der Waals surface area contributed by atoms with Gasteiger partial charge in [0.1, 0.15) is 11.5 Å². The van der Waals surface area contributed by atoms with Gasteiger partial charge in [0.2, 0.25) is 5.91 Å². The summed E-state index contributed by atoms with van der Waals surface area (Å²) in [5.41, 5.74) is 4.68. The van der Waals surface area contributed by atoms with E-state index < -0.39 is 0 Å². The molecule has 1 aliphatic carbocycles. The number of aryl methyl sites for hydroxylation is 1. The minimum Gasteiger partial charge on any atom is -0.462 e. The van der Waals surface area contributed by atoms with E-state index in [9.17, 15) is 9.59 Å². The molecule has 1 aromatic heterocycles. The Hall–Kier alpha value is -2.04. The van der Waals surface area contributed by atoms with Crippen molar-refractivity contribution in [2.75, 3.05) is 0 Å². The molecular weight excluding hydrogens is 220 g/mol. The molecule has 2 rings (SSSR count). The Bertz CT molecular complexity index is 458. The number of carbonyl (C=O) groups excluding carboxylic acids is 2. The third kappa shape index (κ3) is 3.48. The molecule has 2 N–H and O–H groups in total. The summed E-state index contributed by atoms with van der Waals surface area (Å²) >= 11 is 0. The van der Waals surface area contributed by atoms with Crippen molar-refractivity contribution in [1.29, 1.82) is 0 Å². The van der Waals surface area contributed by atoms with Crippen molar-refractivity contribution in [1.82, 2.24) is 10.9 Å². The van der Waals surface area contributed by atoms with Crippen molar-refractivity contribution in [3.05, 3.63) is 29.7 Å². The number of nitrogens with one attached hydrogen (secondary N) is 2. The molecule has 0 bridgehead atoms. The molecule has 0 atom stereocenters. The second kappa shape index (κ2) is 4.86. The van der Waals surface area contributed by atoms with E-state index in [0.717, 1.165) is 18.6 Å². The molecule has 90 valence electrons. The highest BCUT2D eigenvalue weighted by Crippen LogP contribution is 2.28. The summed E-state index contributed by atoms with van der Waals surface area (Å²) in [6, 6.07) is 3.58. The maximum absolute atomic E-state index is 11.3. The first-order valence-corrected chi connectivity index (χ1v) is 5.49. The number of furan rings is 1. The average molecular weight is 234 g/mol. The molecule has 0 saturated heterocycles. The number of carbonyl (C=O) groups is 2. The van der Waals surface area contributed by atoms with Gasteiger partial charge in [0.15, 0.2) is 0 Å². The van der Waals surface area contributed by atoms with Crippen molar-refractivity contribution in [2.24, 2.45) is 5.92 Å². The van der Waals surface area contributed by atoms with E-state index in [2.05, 4.69) is 10.9 Å². The Labute approximate surface area is 98.8 Å². The lowest BCUT2D eigenvalue weighted by atomic mass is 10.4. The van der Waals surface area contributed by atoms with Gasteiger partial charge < -0.3 is 4.42 Å². The van der Waals surface area contributed by atoms with Crippen molar-refractivity contribution in [3.8, 4) is 0 Å². The van der Waals surface area contributed by atoms with Crippen molar-refractivity contribution < 1.29 is 14.0 Å². The van der Waals surface area contributed by atoms with E-state index in [1.54, 1.807) is 12.1 Å². The third-order valence-corrected chi connectivity index (χ3v) is 2.42. The van der Waals surface area contributed by atoms with Crippen molar-refractivity contribution in [3.63, 3.8) is 0 Å². The summed E-state index contributed by atoms with van der Waals surface area (Å²) < 4.78 is 5.25. The van der Waals surface area contributed by atoms with Crippen LogP contribution >= 0.6 is 0 Å². The van der Waals surface area contributed by atoms with Crippen LogP contribution in [0.4, 0.5) is 0 Å². The van der Waals surface area contributed by atoms with Crippen LogP contribution in [-0.4, -0.2) is 11.8 Å². The molecule has 5 heteroatoms. The number of rotatable bonds is 3. The highest BCUT2D eigenvalue weighted by atomic mass is 16.3. The van der Waals surface area contributed by atoms with Crippen LogP contribution in [0.2, 0.25) is 0 Å². The van der Waals surface area contributed by atoms with Gasteiger partial charge in [-0.3, -0.25) is 20.4 Å². The highest BCUT2D eigenvalue weighted by Gasteiger charge is 2.29. The maximum atomic E-state index is 11.3. The normalized spacial score (nSPS) is 14.9. The number of hydrazine groups is 1. The zero-order chi connectivity index (χ0) is 12.3. The number of hydrogen-bond donors (Lipinski definition) is 2. The summed E-state index contributed by atoms with van der Waals surface area (Å²) in [6.45, 7) is 1.83.